The third-order valence-electron chi connectivity index (χ3n) is 4.95. The molecule has 0 fully saturated rings. The van der Waals surface area contributed by atoms with Crippen molar-refractivity contribution in [3.8, 4) is 17.2 Å². The molecular weight excluding hydrogens is 420 g/mol. The summed E-state index contributed by atoms with van der Waals surface area (Å²) in [6.07, 6.45) is 0.724. The van der Waals surface area contributed by atoms with Crippen LogP contribution in [0.25, 0.3) is 0 Å². The van der Waals surface area contributed by atoms with Crippen molar-refractivity contribution >= 4 is 21.6 Å². The number of amides is 1. The van der Waals surface area contributed by atoms with Crippen LogP contribution in [0.15, 0.2) is 41.3 Å². The Morgan fingerprint density at radius 2 is 1.81 bits per heavy atom. The Kier molecular flexibility index (Phi) is 7.40. The van der Waals surface area contributed by atoms with Crippen LogP contribution in [0.4, 0.5) is 5.69 Å². The molecular formula is C22H28N2O6S. The summed E-state index contributed by atoms with van der Waals surface area (Å²) < 4.78 is 43.3. The maximum Gasteiger partial charge on any atom is 0.243 e. The molecule has 1 heterocycles. The molecule has 0 saturated carbocycles. The summed E-state index contributed by atoms with van der Waals surface area (Å²) in [5, 5.41) is 2.80. The van der Waals surface area contributed by atoms with Gasteiger partial charge in [0, 0.05) is 19.5 Å². The Morgan fingerprint density at radius 1 is 1.06 bits per heavy atom. The third kappa shape index (κ3) is 5.29. The zero-order valence-electron chi connectivity index (χ0n) is 18.0. The number of fused-ring (bicyclic) bond motifs is 1. The number of sulfonamides is 1. The molecule has 1 N–H and O–H groups in total. The monoisotopic (exact) mass is 448 g/mol. The van der Waals surface area contributed by atoms with Crippen LogP contribution < -0.4 is 19.5 Å². The van der Waals surface area contributed by atoms with Crippen LogP contribution in [0.1, 0.15) is 32.8 Å². The van der Waals surface area contributed by atoms with E-state index in [1.165, 1.54) is 16.4 Å². The van der Waals surface area contributed by atoms with Crippen LogP contribution in [0, 0.1) is 0 Å². The molecule has 8 nitrogen and oxygen atoms in total. The second-order valence-electron chi connectivity index (χ2n) is 6.92. The second kappa shape index (κ2) is 10.0. The lowest BCUT2D eigenvalue weighted by atomic mass is 10.1. The fourth-order valence-electron chi connectivity index (χ4n) is 3.33. The van der Waals surface area contributed by atoms with E-state index in [9.17, 15) is 13.2 Å². The molecule has 0 aliphatic carbocycles. The van der Waals surface area contributed by atoms with Crippen molar-refractivity contribution in [3.63, 3.8) is 0 Å². The molecule has 2 aromatic carbocycles. The highest BCUT2D eigenvalue weighted by atomic mass is 32.2. The maximum atomic E-state index is 12.9. The van der Waals surface area contributed by atoms with Crippen LogP contribution in [0.3, 0.4) is 0 Å². The van der Waals surface area contributed by atoms with E-state index in [4.69, 9.17) is 14.2 Å². The second-order valence-corrected chi connectivity index (χ2v) is 8.85. The van der Waals surface area contributed by atoms with Gasteiger partial charge in [-0.05, 0) is 49.2 Å². The minimum absolute atomic E-state index is 0.116. The topological polar surface area (TPSA) is 94.2 Å². The number of ether oxygens (including phenoxy) is 3. The van der Waals surface area contributed by atoms with Crippen LogP contribution in [0.5, 0.6) is 17.2 Å². The molecule has 9 heteroatoms. The van der Waals surface area contributed by atoms with Crippen molar-refractivity contribution in [1.29, 1.82) is 0 Å². The Labute approximate surface area is 183 Å². The van der Waals surface area contributed by atoms with Gasteiger partial charge in [-0.25, -0.2) is 8.42 Å². The number of carbonyl (C=O) groups excluding carboxylic acids is 1. The molecule has 0 atom stereocenters. The summed E-state index contributed by atoms with van der Waals surface area (Å²) in [6, 6.07) is 10.1. The van der Waals surface area contributed by atoms with Gasteiger partial charge in [0.15, 0.2) is 11.5 Å². The largest absolute Gasteiger partial charge is 0.492 e. The van der Waals surface area contributed by atoms with E-state index in [0.717, 1.165) is 5.56 Å². The summed E-state index contributed by atoms with van der Waals surface area (Å²) in [4.78, 5) is 12.7. The highest BCUT2D eigenvalue weighted by molar-refractivity contribution is 7.89. The molecule has 0 bridgehead atoms. The Hall–Kier alpha value is -2.78. The molecule has 2 aromatic rings. The van der Waals surface area contributed by atoms with Crippen molar-refractivity contribution in [2.24, 2.45) is 0 Å². The standard InChI is InChI=1S/C22H28N2O6S/c1-4-24(5-2)31(26,27)17-9-11-19(28-6-3)18(14-17)23-22(25)12-8-16-7-10-20-21(13-16)30-15-29-20/h7,9-11,13-14H,4-6,8,12,15H2,1-3H3,(H,23,25). The number of benzene rings is 2. The average Bonchev–Trinajstić information content (AvgIpc) is 3.22. The van der Waals surface area contributed by atoms with Crippen molar-refractivity contribution in [2.75, 3.05) is 31.8 Å². The molecule has 0 aromatic heterocycles. The minimum atomic E-state index is -3.65. The average molecular weight is 449 g/mol. The smallest absolute Gasteiger partial charge is 0.243 e. The van der Waals surface area contributed by atoms with Gasteiger partial charge in [-0.15, -0.1) is 0 Å². The van der Waals surface area contributed by atoms with Crippen LogP contribution in [-0.2, 0) is 21.2 Å². The van der Waals surface area contributed by atoms with Crippen LogP contribution in [0.2, 0.25) is 0 Å². The van der Waals surface area contributed by atoms with Gasteiger partial charge in [0.05, 0.1) is 17.2 Å². The Bertz CT molecular complexity index is 1030. The van der Waals surface area contributed by atoms with E-state index in [0.29, 0.717) is 49.1 Å². The number of nitrogens with one attached hydrogen (secondary N) is 1. The molecule has 0 radical (unpaired) electrons. The number of rotatable bonds is 10. The number of aryl methyl sites for hydroxylation is 1. The van der Waals surface area contributed by atoms with Crippen LogP contribution >= 0.6 is 0 Å². The summed E-state index contributed by atoms with van der Waals surface area (Å²) in [6.45, 7) is 6.72. The van der Waals surface area contributed by atoms with Gasteiger partial charge in [-0.3, -0.25) is 4.79 Å². The van der Waals surface area contributed by atoms with Gasteiger partial charge >= 0.3 is 0 Å². The van der Waals surface area contributed by atoms with Crippen molar-refractivity contribution in [3.05, 3.63) is 42.0 Å². The first-order valence-corrected chi connectivity index (χ1v) is 11.8. The predicted octanol–water partition coefficient (Wildman–Crippen LogP) is 3.42. The zero-order valence-corrected chi connectivity index (χ0v) is 18.8. The van der Waals surface area contributed by atoms with Crippen molar-refractivity contribution in [1.82, 2.24) is 4.31 Å². The first-order chi connectivity index (χ1) is 14.9. The van der Waals surface area contributed by atoms with E-state index in [1.54, 1.807) is 19.9 Å². The SMILES string of the molecule is CCOc1ccc(S(=O)(=O)N(CC)CC)cc1NC(=O)CCc1ccc2c(c1)OCO2. The zero-order chi connectivity index (χ0) is 22.4. The van der Waals surface area contributed by atoms with E-state index in [1.807, 2.05) is 25.1 Å². The summed E-state index contributed by atoms with van der Waals surface area (Å²) in [5.41, 5.74) is 1.29. The van der Waals surface area contributed by atoms with E-state index >= 15 is 0 Å². The van der Waals surface area contributed by atoms with Gasteiger partial charge in [0.25, 0.3) is 0 Å². The molecule has 3 rings (SSSR count). The molecule has 0 saturated heterocycles. The van der Waals surface area contributed by atoms with Gasteiger partial charge < -0.3 is 19.5 Å². The number of nitrogens with zero attached hydrogens (tertiary/aromatic N) is 1. The molecule has 31 heavy (non-hydrogen) atoms. The normalized spacial score (nSPS) is 12.8. The third-order valence-corrected chi connectivity index (χ3v) is 6.99. The predicted molar refractivity (Wildman–Crippen MR) is 117 cm³/mol. The summed E-state index contributed by atoms with van der Waals surface area (Å²) >= 11 is 0. The molecule has 1 amide bonds. The van der Waals surface area contributed by atoms with E-state index < -0.39 is 10.0 Å². The summed E-state index contributed by atoms with van der Waals surface area (Å²) in [7, 11) is -3.65. The number of hydrogen-bond acceptors (Lipinski definition) is 6. The van der Waals surface area contributed by atoms with Crippen LogP contribution in [-0.4, -0.2) is 45.1 Å². The number of anilines is 1. The lowest BCUT2D eigenvalue weighted by Crippen LogP contribution is -2.30. The fourth-order valence-corrected chi connectivity index (χ4v) is 4.81. The first-order valence-electron chi connectivity index (χ1n) is 10.3. The van der Waals surface area contributed by atoms with Gasteiger partial charge in [-0.1, -0.05) is 19.9 Å². The number of hydrogen-bond donors (Lipinski definition) is 1. The highest BCUT2D eigenvalue weighted by Gasteiger charge is 2.23. The molecule has 0 spiro atoms. The quantitative estimate of drug-likeness (QED) is 0.599. The van der Waals surface area contributed by atoms with Gasteiger partial charge in [-0.2, -0.15) is 4.31 Å². The van der Waals surface area contributed by atoms with Gasteiger partial charge in [0.2, 0.25) is 22.7 Å². The Balaban J connectivity index is 1.74. The summed E-state index contributed by atoms with van der Waals surface area (Å²) in [5.74, 6) is 1.56. The number of carbonyl (C=O) groups is 1. The van der Waals surface area contributed by atoms with Crippen molar-refractivity contribution < 1.29 is 27.4 Å². The Morgan fingerprint density at radius 3 is 2.52 bits per heavy atom. The first kappa shape index (κ1) is 22.9. The maximum absolute atomic E-state index is 12.9. The lowest BCUT2D eigenvalue weighted by Gasteiger charge is -2.20. The van der Waals surface area contributed by atoms with E-state index in [-0.39, 0.29) is 24.0 Å². The molecule has 168 valence electrons. The van der Waals surface area contributed by atoms with E-state index in [2.05, 4.69) is 5.32 Å². The molecule has 1 aliphatic rings. The van der Waals surface area contributed by atoms with Crippen molar-refractivity contribution in [2.45, 2.75) is 38.5 Å². The lowest BCUT2D eigenvalue weighted by molar-refractivity contribution is -0.116. The fraction of sp³-hybridized carbons (Fsp3) is 0.409. The molecule has 0 unspecified atom stereocenters. The van der Waals surface area contributed by atoms with Gasteiger partial charge in [0.1, 0.15) is 5.75 Å². The minimum Gasteiger partial charge on any atom is -0.492 e. The molecule has 1 aliphatic heterocycles. The highest BCUT2D eigenvalue weighted by Crippen LogP contribution is 2.33.